The zero-order valence-corrected chi connectivity index (χ0v) is 12.9. The van der Waals surface area contributed by atoms with Gasteiger partial charge in [0.2, 0.25) is 10.0 Å². The van der Waals surface area contributed by atoms with E-state index in [1.807, 2.05) is 6.92 Å². The fourth-order valence-corrected chi connectivity index (χ4v) is 2.70. The number of carboxylic acids is 1. The molecule has 1 rings (SSSR count). The number of ether oxygens (including phenoxy) is 1. The van der Waals surface area contributed by atoms with E-state index >= 15 is 0 Å². The largest absolute Gasteiger partial charge is 0.494 e. The SMILES string of the molecule is CCCOc1ccc(S(=O)(=O)NCCCCC(=O)O)cc1. The van der Waals surface area contributed by atoms with E-state index < -0.39 is 16.0 Å². The first kappa shape index (κ1) is 17.5. The Morgan fingerprint density at radius 3 is 2.48 bits per heavy atom. The third kappa shape index (κ3) is 6.59. The predicted octanol–water partition coefficient (Wildman–Crippen LogP) is 2.01. The first-order chi connectivity index (χ1) is 9.95. The van der Waals surface area contributed by atoms with Crippen molar-refractivity contribution in [3.05, 3.63) is 24.3 Å². The van der Waals surface area contributed by atoms with Crippen LogP contribution in [0.5, 0.6) is 5.75 Å². The summed E-state index contributed by atoms with van der Waals surface area (Å²) < 4.78 is 31.8. The second-order valence-corrected chi connectivity index (χ2v) is 6.34. The lowest BCUT2D eigenvalue weighted by molar-refractivity contribution is -0.137. The Kier molecular flexibility index (Phi) is 7.18. The van der Waals surface area contributed by atoms with E-state index in [4.69, 9.17) is 9.84 Å². The molecule has 6 nitrogen and oxygen atoms in total. The highest BCUT2D eigenvalue weighted by Gasteiger charge is 2.13. The van der Waals surface area contributed by atoms with Gasteiger partial charge in [0.05, 0.1) is 11.5 Å². The first-order valence-corrected chi connectivity index (χ1v) is 8.38. The highest BCUT2D eigenvalue weighted by atomic mass is 32.2. The van der Waals surface area contributed by atoms with Gasteiger partial charge in [0.1, 0.15) is 5.75 Å². The van der Waals surface area contributed by atoms with Crippen LogP contribution >= 0.6 is 0 Å². The van der Waals surface area contributed by atoms with E-state index in [9.17, 15) is 13.2 Å². The van der Waals surface area contributed by atoms with Crippen molar-refractivity contribution >= 4 is 16.0 Å². The molecule has 0 saturated carbocycles. The van der Waals surface area contributed by atoms with Crippen LogP contribution in [0.4, 0.5) is 0 Å². The van der Waals surface area contributed by atoms with Crippen molar-refractivity contribution in [2.75, 3.05) is 13.2 Å². The quantitative estimate of drug-likeness (QED) is 0.644. The maximum absolute atomic E-state index is 12.0. The summed E-state index contributed by atoms with van der Waals surface area (Å²) in [6.07, 6.45) is 1.87. The summed E-state index contributed by atoms with van der Waals surface area (Å²) in [6.45, 7) is 2.81. The molecule has 1 aromatic carbocycles. The minimum Gasteiger partial charge on any atom is -0.494 e. The summed E-state index contributed by atoms with van der Waals surface area (Å²) in [5.74, 6) is -0.238. The van der Waals surface area contributed by atoms with Crippen LogP contribution in [0, 0.1) is 0 Å². The maximum atomic E-state index is 12.0. The van der Waals surface area contributed by atoms with Crippen LogP contribution in [0.2, 0.25) is 0 Å². The smallest absolute Gasteiger partial charge is 0.303 e. The normalized spacial score (nSPS) is 11.3. The molecule has 0 fully saturated rings. The zero-order chi connectivity index (χ0) is 15.7. The summed E-state index contributed by atoms with van der Waals surface area (Å²) in [6, 6.07) is 6.22. The van der Waals surface area contributed by atoms with Crippen LogP contribution in [0.3, 0.4) is 0 Å². The summed E-state index contributed by atoms with van der Waals surface area (Å²) in [4.78, 5) is 10.5. The third-order valence-electron chi connectivity index (χ3n) is 2.72. The molecule has 0 heterocycles. The van der Waals surface area contributed by atoms with Gasteiger partial charge >= 0.3 is 5.97 Å². The van der Waals surface area contributed by atoms with Crippen molar-refractivity contribution in [3.63, 3.8) is 0 Å². The number of sulfonamides is 1. The molecule has 118 valence electrons. The van der Waals surface area contributed by atoms with Crippen molar-refractivity contribution in [1.82, 2.24) is 4.72 Å². The van der Waals surface area contributed by atoms with Gasteiger partial charge in [-0.2, -0.15) is 0 Å². The van der Waals surface area contributed by atoms with E-state index in [1.165, 1.54) is 12.1 Å². The number of rotatable bonds is 10. The third-order valence-corrected chi connectivity index (χ3v) is 4.19. The molecule has 0 unspecified atom stereocenters. The average molecular weight is 315 g/mol. The predicted molar refractivity (Wildman–Crippen MR) is 78.9 cm³/mol. The number of aliphatic carboxylic acids is 1. The molecule has 0 atom stereocenters. The molecule has 1 aromatic rings. The molecule has 2 N–H and O–H groups in total. The zero-order valence-electron chi connectivity index (χ0n) is 12.0. The summed E-state index contributed by atoms with van der Waals surface area (Å²) in [7, 11) is -3.55. The Bertz CT molecular complexity index is 539. The molecule has 7 heteroatoms. The number of benzene rings is 1. The van der Waals surface area contributed by atoms with Gasteiger partial charge in [-0.05, 0) is 43.5 Å². The van der Waals surface area contributed by atoms with Crippen LogP contribution in [0.1, 0.15) is 32.6 Å². The van der Waals surface area contributed by atoms with Crippen molar-refractivity contribution in [2.24, 2.45) is 0 Å². The van der Waals surface area contributed by atoms with E-state index in [0.717, 1.165) is 6.42 Å². The van der Waals surface area contributed by atoms with Gasteiger partial charge in [-0.3, -0.25) is 4.79 Å². The van der Waals surface area contributed by atoms with Gasteiger partial charge in [-0.15, -0.1) is 0 Å². The second-order valence-electron chi connectivity index (χ2n) is 4.57. The molecule has 0 saturated heterocycles. The summed E-state index contributed by atoms with van der Waals surface area (Å²) in [5, 5.41) is 8.49. The molecule has 0 aromatic heterocycles. The van der Waals surface area contributed by atoms with Crippen molar-refractivity contribution in [2.45, 2.75) is 37.5 Å². The van der Waals surface area contributed by atoms with E-state index in [1.54, 1.807) is 12.1 Å². The first-order valence-electron chi connectivity index (χ1n) is 6.90. The lowest BCUT2D eigenvalue weighted by Crippen LogP contribution is -2.24. The van der Waals surface area contributed by atoms with Gasteiger partial charge < -0.3 is 9.84 Å². The minimum atomic E-state index is -3.55. The van der Waals surface area contributed by atoms with E-state index in [2.05, 4.69) is 4.72 Å². The fraction of sp³-hybridized carbons (Fsp3) is 0.500. The lowest BCUT2D eigenvalue weighted by Gasteiger charge is -2.08. The number of unbranched alkanes of at least 4 members (excludes halogenated alkanes) is 1. The number of nitrogens with one attached hydrogen (secondary N) is 1. The van der Waals surface area contributed by atoms with E-state index in [0.29, 0.717) is 25.2 Å². The van der Waals surface area contributed by atoms with Crippen molar-refractivity contribution < 1.29 is 23.1 Å². The standard InChI is InChI=1S/C14H21NO5S/c1-2-11-20-12-6-8-13(9-7-12)21(18,19)15-10-4-3-5-14(16)17/h6-9,15H,2-5,10-11H2,1H3,(H,16,17). The monoisotopic (exact) mass is 315 g/mol. The van der Waals surface area contributed by atoms with Gasteiger partial charge in [-0.1, -0.05) is 6.92 Å². The Hall–Kier alpha value is -1.60. The molecule has 0 radical (unpaired) electrons. The van der Waals surface area contributed by atoms with Gasteiger partial charge in [0, 0.05) is 13.0 Å². The molecule has 0 aliphatic carbocycles. The van der Waals surface area contributed by atoms with Crippen LogP contribution in [0.15, 0.2) is 29.2 Å². The molecule has 0 amide bonds. The number of hydrogen-bond donors (Lipinski definition) is 2. The summed E-state index contributed by atoms with van der Waals surface area (Å²) in [5.41, 5.74) is 0. The minimum absolute atomic E-state index is 0.0468. The van der Waals surface area contributed by atoms with Crippen molar-refractivity contribution in [1.29, 1.82) is 0 Å². The Balaban J connectivity index is 2.48. The Morgan fingerprint density at radius 2 is 1.90 bits per heavy atom. The van der Waals surface area contributed by atoms with E-state index in [-0.39, 0.29) is 17.9 Å². The van der Waals surface area contributed by atoms with Crippen LogP contribution in [-0.4, -0.2) is 32.6 Å². The molecular formula is C14H21NO5S. The van der Waals surface area contributed by atoms with Gasteiger partial charge in [0.15, 0.2) is 0 Å². The molecule has 0 bridgehead atoms. The lowest BCUT2D eigenvalue weighted by atomic mass is 10.2. The highest BCUT2D eigenvalue weighted by Crippen LogP contribution is 2.16. The second kappa shape index (κ2) is 8.63. The molecule has 0 aliphatic rings. The molecule has 0 spiro atoms. The molecule has 0 aliphatic heterocycles. The summed E-state index contributed by atoms with van der Waals surface area (Å²) >= 11 is 0. The number of hydrogen-bond acceptors (Lipinski definition) is 4. The number of carbonyl (C=O) groups is 1. The van der Waals surface area contributed by atoms with Gasteiger partial charge in [0.25, 0.3) is 0 Å². The molecular weight excluding hydrogens is 294 g/mol. The Labute approximate surface area is 125 Å². The number of carboxylic acid groups (broad SMARTS) is 1. The Morgan fingerprint density at radius 1 is 1.24 bits per heavy atom. The van der Waals surface area contributed by atoms with Crippen LogP contribution in [-0.2, 0) is 14.8 Å². The maximum Gasteiger partial charge on any atom is 0.303 e. The fourth-order valence-electron chi connectivity index (χ4n) is 1.63. The van der Waals surface area contributed by atoms with Crippen LogP contribution in [0.25, 0.3) is 0 Å². The molecule has 21 heavy (non-hydrogen) atoms. The average Bonchev–Trinajstić information content (AvgIpc) is 2.44. The highest BCUT2D eigenvalue weighted by molar-refractivity contribution is 7.89. The van der Waals surface area contributed by atoms with Crippen molar-refractivity contribution in [3.8, 4) is 5.75 Å². The topological polar surface area (TPSA) is 92.7 Å². The van der Waals surface area contributed by atoms with Crippen LogP contribution < -0.4 is 9.46 Å². The van der Waals surface area contributed by atoms with Gasteiger partial charge in [-0.25, -0.2) is 13.1 Å².